The normalized spacial score (nSPS) is 10.3. The van der Waals surface area contributed by atoms with Crippen LogP contribution in [0.25, 0.3) is 0 Å². The number of rotatable bonds is 4. The summed E-state index contributed by atoms with van der Waals surface area (Å²) in [6.45, 7) is 2.07. The zero-order valence-corrected chi connectivity index (χ0v) is 8.99. The van der Waals surface area contributed by atoms with Crippen molar-refractivity contribution in [3.8, 4) is 0 Å². The second kappa shape index (κ2) is 6.03. The van der Waals surface area contributed by atoms with Crippen LogP contribution >= 0.6 is 11.6 Å². The Morgan fingerprint density at radius 2 is 2.47 bits per heavy atom. The summed E-state index contributed by atoms with van der Waals surface area (Å²) in [4.78, 5) is 10.9. The first kappa shape index (κ1) is 11.5. The maximum atomic E-state index is 10.9. The number of carbonyl (C=O) groups excluding carboxylic acids is 1. The third-order valence-electron chi connectivity index (χ3n) is 1.47. The van der Waals surface area contributed by atoms with Crippen LogP contribution < -0.4 is 5.43 Å². The number of hydrogen-bond acceptors (Lipinski definition) is 4. The molecule has 1 aromatic rings. The average molecular weight is 227 g/mol. The Morgan fingerprint density at radius 3 is 3.13 bits per heavy atom. The number of anilines is 1. The Kier molecular flexibility index (Phi) is 4.63. The third-order valence-corrected chi connectivity index (χ3v) is 1.71. The van der Waals surface area contributed by atoms with Gasteiger partial charge in [0.25, 0.3) is 0 Å². The second-order valence-electron chi connectivity index (χ2n) is 2.63. The highest BCUT2D eigenvalue weighted by Crippen LogP contribution is 2.14. The van der Waals surface area contributed by atoms with Crippen molar-refractivity contribution in [2.24, 2.45) is 5.10 Å². The lowest BCUT2D eigenvalue weighted by molar-refractivity contribution is -0.134. The zero-order chi connectivity index (χ0) is 11.1. The summed E-state index contributed by atoms with van der Waals surface area (Å²) in [5.74, 6) is -0.480. The molecule has 0 aliphatic carbocycles. The molecule has 0 aromatic heterocycles. The van der Waals surface area contributed by atoms with Crippen molar-refractivity contribution in [1.29, 1.82) is 0 Å². The van der Waals surface area contributed by atoms with Crippen LogP contribution in [0.5, 0.6) is 0 Å². The van der Waals surface area contributed by atoms with Crippen LogP contribution in [0.15, 0.2) is 29.4 Å². The highest BCUT2D eigenvalue weighted by atomic mass is 35.5. The summed E-state index contributed by atoms with van der Waals surface area (Å²) in [6.07, 6.45) is 1.07. The van der Waals surface area contributed by atoms with Crippen molar-refractivity contribution < 1.29 is 9.53 Å². The average Bonchev–Trinajstić information content (AvgIpc) is 2.18. The molecule has 0 fully saturated rings. The molecule has 0 heterocycles. The minimum absolute atomic E-state index is 0.335. The quantitative estimate of drug-likeness (QED) is 0.487. The molecule has 4 nitrogen and oxygen atoms in total. The van der Waals surface area contributed by atoms with Crippen LogP contribution in [0.2, 0.25) is 5.02 Å². The van der Waals surface area contributed by atoms with Gasteiger partial charge in [-0.1, -0.05) is 17.7 Å². The van der Waals surface area contributed by atoms with Gasteiger partial charge in [0, 0.05) is 5.02 Å². The first-order valence-electron chi connectivity index (χ1n) is 4.43. The molecule has 80 valence electrons. The van der Waals surface area contributed by atoms with Gasteiger partial charge in [0.1, 0.15) is 6.21 Å². The largest absolute Gasteiger partial charge is 0.462 e. The number of carbonyl (C=O) groups is 1. The predicted octanol–water partition coefficient (Wildman–Crippen LogP) is 2.30. The first-order valence-corrected chi connectivity index (χ1v) is 4.81. The number of ether oxygens (including phenoxy) is 1. The number of halogens is 1. The first-order chi connectivity index (χ1) is 7.22. The molecule has 1 aromatic carbocycles. The fraction of sp³-hybridized carbons (Fsp3) is 0.200. The summed E-state index contributed by atoms with van der Waals surface area (Å²) in [5, 5.41) is 4.30. The van der Waals surface area contributed by atoms with Gasteiger partial charge in [0.2, 0.25) is 0 Å². The lowest BCUT2D eigenvalue weighted by Crippen LogP contribution is -2.06. The fourth-order valence-electron chi connectivity index (χ4n) is 0.897. The van der Waals surface area contributed by atoms with Crippen molar-refractivity contribution in [3.63, 3.8) is 0 Å². The van der Waals surface area contributed by atoms with E-state index in [1.54, 1.807) is 31.2 Å². The smallest absolute Gasteiger partial charge is 0.351 e. The molecule has 1 rings (SSSR count). The summed E-state index contributed by atoms with van der Waals surface area (Å²) < 4.78 is 4.65. The van der Waals surface area contributed by atoms with Gasteiger partial charge in [-0.05, 0) is 25.1 Å². The Bertz CT molecular complexity index is 366. The SMILES string of the molecule is CCOC(=O)/C=N\Nc1cccc(Cl)c1. The van der Waals surface area contributed by atoms with E-state index in [9.17, 15) is 4.79 Å². The van der Waals surface area contributed by atoms with E-state index in [2.05, 4.69) is 15.3 Å². The van der Waals surface area contributed by atoms with Crippen molar-refractivity contribution in [3.05, 3.63) is 29.3 Å². The van der Waals surface area contributed by atoms with Gasteiger partial charge < -0.3 is 4.74 Å². The molecule has 0 spiro atoms. The van der Waals surface area contributed by atoms with Gasteiger partial charge in [-0.15, -0.1) is 0 Å². The molecule has 0 saturated carbocycles. The minimum atomic E-state index is -0.480. The van der Waals surface area contributed by atoms with E-state index in [0.717, 1.165) is 6.21 Å². The molecule has 0 unspecified atom stereocenters. The van der Waals surface area contributed by atoms with Gasteiger partial charge in [0.15, 0.2) is 0 Å². The van der Waals surface area contributed by atoms with E-state index >= 15 is 0 Å². The molecule has 0 bridgehead atoms. The molecule has 0 aliphatic rings. The van der Waals surface area contributed by atoms with Crippen LogP contribution in [0, 0.1) is 0 Å². The number of hydrazone groups is 1. The van der Waals surface area contributed by atoms with Crippen molar-refractivity contribution in [1.82, 2.24) is 0 Å². The molecule has 0 atom stereocenters. The van der Waals surface area contributed by atoms with E-state index in [1.807, 2.05) is 0 Å². The second-order valence-corrected chi connectivity index (χ2v) is 3.07. The molecule has 0 radical (unpaired) electrons. The van der Waals surface area contributed by atoms with E-state index < -0.39 is 5.97 Å². The maximum absolute atomic E-state index is 10.9. The number of hydrogen-bond donors (Lipinski definition) is 1. The number of benzene rings is 1. The lowest BCUT2D eigenvalue weighted by atomic mass is 10.3. The van der Waals surface area contributed by atoms with Gasteiger partial charge in [-0.3, -0.25) is 5.43 Å². The summed E-state index contributed by atoms with van der Waals surface area (Å²) >= 11 is 5.75. The molecular formula is C10H11ClN2O2. The van der Waals surface area contributed by atoms with Crippen LogP contribution in [-0.4, -0.2) is 18.8 Å². The monoisotopic (exact) mass is 226 g/mol. The van der Waals surface area contributed by atoms with E-state index in [1.165, 1.54) is 0 Å². The molecule has 1 N–H and O–H groups in total. The van der Waals surface area contributed by atoms with Gasteiger partial charge in [-0.2, -0.15) is 5.10 Å². The molecule has 0 aliphatic heterocycles. The predicted molar refractivity (Wildman–Crippen MR) is 60.2 cm³/mol. The van der Waals surface area contributed by atoms with Crippen LogP contribution in [-0.2, 0) is 9.53 Å². The topological polar surface area (TPSA) is 50.7 Å². The molecule has 0 amide bonds. The maximum Gasteiger partial charge on any atom is 0.351 e. The summed E-state index contributed by atoms with van der Waals surface area (Å²) in [5.41, 5.74) is 3.37. The summed E-state index contributed by atoms with van der Waals surface area (Å²) in [6, 6.07) is 7.02. The van der Waals surface area contributed by atoms with Crippen LogP contribution in [0.1, 0.15) is 6.92 Å². The molecule has 0 saturated heterocycles. The number of nitrogens with zero attached hydrogens (tertiary/aromatic N) is 1. The molecule has 15 heavy (non-hydrogen) atoms. The van der Waals surface area contributed by atoms with E-state index in [0.29, 0.717) is 17.3 Å². The fourth-order valence-corrected chi connectivity index (χ4v) is 1.09. The van der Waals surface area contributed by atoms with Crippen molar-refractivity contribution in [2.75, 3.05) is 12.0 Å². The van der Waals surface area contributed by atoms with Gasteiger partial charge in [-0.25, -0.2) is 4.79 Å². The standard InChI is InChI=1S/C10H11ClN2O2/c1-2-15-10(14)7-12-13-9-5-3-4-8(11)6-9/h3-7,13H,2H2,1H3/b12-7-. The lowest BCUT2D eigenvalue weighted by Gasteiger charge is -1.99. The minimum Gasteiger partial charge on any atom is -0.462 e. The Labute approximate surface area is 92.9 Å². The Hall–Kier alpha value is -1.55. The third kappa shape index (κ3) is 4.46. The van der Waals surface area contributed by atoms with Crippen LogP contribution in [0.3, 0.4) is 0 Å². The van der Waals surface area contributed by atoms with E-state index in [-0.39, 0.29) is 0 Å². The molecular weight excluding hydrogens is 216 g/mol. The summed E-state index contributed by atoms with van der Waals surface area (Å²) in [7, 11) is 0. The van der Waals surface area contributed by atoms with Gasteiger partial charge in [0.05, 0.1) is 12.3 Å². The van der Waals surface area contributed by atoms with E-state index in [4.69, 9.17) is 11.6 Å². The van der Waals surface area contributed by atoms with Gasteiger partial charge >= 0.3 is 5.97 Å². The van der Waals surface area contributed by atoms with Crippen molar-refractivity contribution in [2.45, 2.75) is 6.92 Å². The van der Waals surface area contributed by atoms with Crippen molar-refractivity contribution >= 4 is 29.5 Å². The van der Waals surface area contributed by atoms with Crippen LogP contribution in [0.4, 0.5) is 5.69 Å². The highest BCUT2D eigenvalue weighted by molar-refractivity contribution is 6.30. The Balaban J connectivity index is 2.46. The zero-order valence-electron chi connectivity index (χ0n) is 8.24. The molecule has 5 heteroatoms. The highest BCUT2D eigenvalue weighted by Gasteiger charge is 1.94. The number of esters is 1. The number of nitrogens with one attached hydrogen (secondary N) is 1. The Morgan fingerprint density at radius 1 is 1.67 bits per heavy atom.